The lowest BCUT2D eigenvalue weighted by molar-refractivity contribution is 0.168. The molecule has 0 N–H and O–H groups in total. The van der Waals surface area contributed by atoms with Gasteiger partial charge in [0.1, 0.15) is 11.5 Å². The monoisotopic (exact) mass is 486 g/mol. The fourth-order valence-electron chi connectivity index (χ4n) is 4.67. The summed E-state index contributed by atoms with van der Waals surface area (Å²) in [4.78, 5) is 2.16. The van der Waals surface area contributed by atoms with Crippen molar-refractivity contribution in [3.05, 3.63) is 123 Å². The maximum atomic E-state index is 6.69. The molecule has 0 bridgehead atoms. The van der Waals surface area contributed by atoms with Gasteiger partial charge in [0, 0.05) is 27.2 Å². The van der Waals surface area contributed by atoms with Crippen LogP contribution in [0.4, 0.5) is 5.82 Å². The first-order valence-corrected chi connectivity index (χ1v) is 11.7. The van der Waals surface area contributed by atoms with E-state index in [9.17, 15) is 0 Å². The minimum atomic E-state index is -0.448. The summed E-state index contributed by atoms with van der Waals surface area (Å²) in [6, 6.07) is 29.9. The molecule has 34 heavy (non-hydrogen) atoms. The Morgan fingerprint density at radius 1 is 0.794 bits per heavy atom. The number of rotatable bonds is 3. The van der Waals surface area contributed by atoms with Crippen molar-refractivity contribution in [1.29, 1.82) is 0 Å². The van der Waals surface area contributed by atoms with E-state index in [1.165, 1.54) is 0 Å². The van der Waals surface area contributed by atoms with Gasteiger partial charge in [0.2, 0.25) is 6.23 Å². The third-order valence-corrected chi connectivity index (χ3v) is 6.70. The first-order chi connectivity index (χ1) is 16.6. The highest BCUT2D eigenvalue weighted by Gasteiger charge is 2.40. The van der Waals surface area contributed by atoms with Crippen molar-refractivity contribution in [1.82, 2.24) is 5.16 Å². The summed E-state index contributed by atoms with van der Waals surface area (Å²) >= 11 is 12.5. The van der Waals surface area contributed by atoms with Crippen LogP contribution >= 0.6 is 23.2 Å². The van der Waals surface area contributed by atoms with Crippen LogP contribution in [-0.4, -0.2) is 5.16 Å². The van der Waals surface area contributed by atoms with Crippen LogP contribution in [0.1, 0.15) is 34.7 Å². The summed E-state index contributed by atoms with van der Waals surface area (Å²) in [5, 5.41) is 8.02. The van der Waals surface area contributed by atoms with Crippen LogP contribution in [0.2, 0.25) is 10.0 Å². The molecule has 0 aliphatic carbocycles. The number of hydrogen-bond donors (Lipinski definition) is 0. The molecule has 168 valence electrons. The molecule has 0 saturated carbocycles. The summed E-state index contributed by atoms with van der Waals surface area (Å²) < 4.78 is 12.2. The first-order valence-electron chi connectivity index (χ1n) is 11.0. The quantitative estimate of drug-likeness (QED) is 0.258. The van der Waals surface area contributed by atoms with Crippen molar-refractivity contribution < 1.29 is 9.26 Å². The number of aryl methyl sites for hydroxylation is 1. The van der Waals surface area contributed by atoms with Crippen molar-refractivity contribution in [3.63, 3.8) is 0 Å². The second-order valence-electron chi connectivity index (χ2n) is 8.38. The molecule has 0 saturated heterocycles. The lowest BCUT2D eigenvalue weighted by Crippen LogP contribution is -2.40. The number of anilines is 1. The third-order valence-electron chi connectivity index (χ3n) is 6.19. The zero-order chi connectivity index (χ0) is 23.2. The maximum Gasteiger partial charge on any atom is 0.200 e. The molecule has 0 spiro atoms. The lowest BCUT2D eigenvalue weighted by atomic mass is 9.89. The average Bonchev–Trinajstić information content (AvgIpc) is 3.29. The predicted octanol–water partition coefficient (Wildman–Crippen LogP) is 8.13. The number of aromatic nitrogens is 1. The summed E-state index contributed by atoms with van der Waals surface area (Å²) in [6.45, 7) is 1.89. The highest BCUT2D eigenvalue weighted by atomic mass is 35.5. The van der Waals surface area contributed by atoms with Gasteiger partial charge in [0.25, 0.3) is 0 Å². The molecule has 5 aromatic rings. The Morgan fingerprint density at radius 3 is 2.15 bits per heavy atom. The molecule has 2 atom stereocenters. The van der Waals surface area contributed by atoms with Crippen molar-refractivity contribution in [2.24, 2.45) is 0 Å². The molecule has 6 heteroatoms. The van der Waals surface area contributed by atoms with Crippen LogP contribution in [0.5, 0.6) is 5.75 Å². The van der Waals surface area contributed by atoms with Gasteiger partial charge in [-0.3, -0.25) is 0 Å². The highest BCUT2D eigenvalue weighted by molar-refractivity contribution is 6.30. The molecule has 4 aromatic carbocycles. The minimum absolute atomic E-state index is 0.197. The van der Waals surface area contributed by atoms with Crippen molar-refractivity contribution in [2.75, 3.05) is 4.90 Å². The average molecular weight is 487 g/mol. The van der Waals surface area contributed by atoms with Gasteiger partial charge in [-0.05, 0) is 53.6 Å². The number of ether oxygens (including phenoxy) is 1. The number of benzene rings is 4. The van der Waals surface area contributed by atoms with Crippen molar-refractivity contribution >= 4 is 39.8 Å². The molecule has 0 amide bonds. The summed E-state index contributed by atoms with van der Waals surface area (Å²) in [7, 11) is 0. The van der Waals surface area contributed by atoms with E-state index in [0.29, 0.717) is 15.9 Å². The van der Waals surface area contributed by atoms with Gasteiger partial charge >= 0.3 is 0 Å². The van der Waals surface area contributed by atoms with E-state index < -0.39 is 6.23 Å². The van der Waals surface area contributed by atoms with Gasteiger partial charge in [-0.25, -0.2) is 0 Å². The Labute approximate surface area is 207 Å². The molecule has 1 aliphatic rings. The zero-order valence-electron chi connectivity index (χ0n) is 18.3. The normalized spacial score (nSPS) is 17.4. The molecule has 2 unspecified atom stereocenters. The Balaban J connectivity index is 1.65. The number of fused-ring (bicyclic) bond motifs is 3. The fraction of sp³-hybridized carbons (Fsp3) is 0.107. The second-order valence-corrected chi connectivity index (χ2v) is 9.25. The smallest absolute Gasteiger partial charge is 0.200 e. The van der Waals surface area contributed by atoms with E-state index >= 15 is 0 Å². The van der Waals surface area contributed by atoms with E-state index in [1.54, 1.807) is 0 Å². The van der Waals surface area contributed by atoms with Gasteiger partial charge in [0.05, 0.1) is 6.04 Å². The van der Waals surface area contributed by atoms with E-state index in [-0.39, 0.29) is 6.04 Å². The summed E-state index contributed by atoms with van der Waals surface area (Å²) in [5.74, 6) is 2.24. The van der Waals surface area contributed by atoms with Gasteiger partial charge < -0.3 is 14.2 Å². The fourth-order valence-corrected chi connectivity index (χ4v) is 4.92. The van der Waals surface area contributed by atoms with Crippen LogP contribution in [0, 0.1) is 6.92 Å². The van der Waals surface area contributed by atoms with Crippen LogP contribution < -0.4 is 9.64 Å². The summed E-state index contributed by atoms with van der Waals surface area (Å²) in [5.41, 5.74) is 3.11. The number of hydrogen-bond acceptors (Lipinski definition) is 4. The first kappa shape index (κ1) is 21.1. The highest BCUT2D eigenvalue weighted by Crippen LogP contribution is 2.50. The molecule has 1 aliphatic heterocycles. The van der Waals surface area contributed by atoms with Gasteiger partial charge in [-0.15, -0.1) is 0 Å². The molecule has 6 rings (SSSR count). The third kappa shape index (κ3) is 3.60. The Hall–Kier alpha value is -3.47. The minimum Gasteiger partial charge on any atom is -0.466 e. The lowest BCUT2D eigenvalue weighted by Gasteiger charge is -2.44. The molecular weight excluding hydrogens is 467 g/mol. The van der Waals surface area contributed by atoms with E-state index in [2.05, 4.69) is 52.5 Å². The molecule has 2 heterocycles. The Bertz CT molecular complexity index is 1480. The molecule has 0 fully saturated rings. The van der Waals surface area contributed by atoms with Gasteiger partial charge in [0.15, 0.2) is 5.82 Å². The van der Waals surface area contributed by atoms with Gasteiger partial charge in [-0.1, -0.05) is 83.0 Å². The SMILES string of the molecule is Cc1cc(N2C(c3ccc(Cl)cc3)Oc3ccc4ccccc4c3C2c2ccc(Cl)cc2)no1. The molecule has 0 radical (unpaired) electrons. The molecule has 1 aromatic heterocycles. The second kappa shape index (κ2) is 8.39. The molecular formula is C28H20Cl2N2O2. The number of halogens is 2. The van der Waals surface area contributed by atoms with E-state index in [0.717, 1.165) is 39.0 Å². The van der Waals surface area contributed by atoms with Crippen LogP contribution in [0.3, 0.4) is 0 Å². The van der Waals surface area contributed by atoms with E-state index in [1.807, 2.05) is 55.5 Å². The largest absolute Gasteiger partial charge is 0.466 e. The van der Waals surface area contributed by atoms with Crippen LogP contribution in [-0.2, 0) is 0 Å². The topological polar surface area (TPSA) is 38.5 Å². The Kier molecular flexibility index (Phi) is 5.20. The predicted molar refractivity (Wildman–Crippen MR) is 136 cm³/mol. The summed E-state index contributed by atoms with van der Waals surface area (Å²) in [6.07, 6.45) is -0.448. The van der Waals surface area contributed by atoms with Crippen molar-refractivity contribution in [2.45, 2.75) is 19.2 Å². The maximum absolute atomic E-state index is 6.69. The van der Waals surface area contributed by atoms with Crippen molar-refractivity contribution in [3.8, 4) is 5.75 Å². The van der Waals surface area contributed by atoms with Gasteiger partial charge in [-0.2, -0.15) is 0 Å². The molecule has 4 nitrogen and oxygen atoms in total. The number of nitrogens with zero attached hydrogens (tertiary/aromatic N) is 2. The Morgan fingerprint density at radius 2 is 1.47 bits per heavy atom. The zero-order valence-corrected chi connectivity index (χ0v) is 19.8. The van der Waals surface area contributed by atoms with E-state index in [4.69, 9.17) is 32.5 Å². The standard InChI is InChI=1S/C28H20Cl2N2O2/c1-17-16-25(31-34-17)32-27(19-6-11-21(29)12-7-19)26-23-5-3-2-4-18(23)10-15-24(26)33-28(32)20-8-13-22(30)14-9-20/h2-16,27-28H,1H3. The van der Waals surface area contributed by atoms with Crippen LogP contribution in [0.15, 0.2) is 95.5 Å². The van der Waals surface area contributed by atoms with Crippen LogP contribution in [0.25, 0.3) is 10.8 Å².